The first-order chi connectivity index (χ1) is 6.66. The molecule has 2 aliphatic rings. The zero-order valence-electron chi connectivity index (χ0n) is 8.19. The molecule has 5 heteroatoms. The van der Waals surface area contributed by atoms with Crippen LogP contribution in [0.1, 0.15) is 6.92 Å². The highest BCUT2D eigenvalue weighted by Crippen LogP contribution is 2.31. The number of carbonyl (C=O) groups excluding carboxylic acids is 2. The van der Waals surface area contributed by atoms with Crippen LogP contribution in [0.15, 0.2) is 4.99 Å². The van der Waals surface area contributed by atoms with Crippen LogP contribution >= 0.6 is 0 Å². The van der Waals surface area contributed by atoms with Crippen molar-refractivity contribution in [3.8, 4) is 0 Å². The molecule has 0 saturated carbocycles. The fourth-order valence-electron chi connectivity index (χ4n) is 1.91. The van der Waals surface area contributed by atoms with Crippen molar-refractivity contribution in [3.05, 3.63) is 0 Å². The molecule has 76 valence electrons. The number of hydrogen-bond donors (Lipinski definition) is 0. The van der Waals surface area contributed by atoms with Gasteiger partial charge in [0.05, 0.1) is 19.1 Å². The van der Waals surface area contributed by atoms with E-state index in [0.717, 1.165) is 0 Å². The van der Waals surface area contributed by atoms with Gasteiger partial charge in [0.2, 0.25) is 11.8 Å². The second kappa shape index (κ2) is 3.08. The van der Waals surface area contributed by atoms with E-state index in [1.807, 2.05) is 6.92 Å². The van der Waals surface area contributed by atoms with E-state index < -0.39 is 5.92 Å². The van der Waals surface area contributed by atoms with Gasteiger partial charge in [-0.1, -0.05) is 0 Å². The molecule has 0 radical (unpaired) electrons. The minimum absolute atomic E-state index is 0.140. The molecule has 2 atom stereocenters. The monoisotopic (exact) mass is 196 g/mol. The molecule has 2 unspecified atom stereocenters. The SMILES string of the molecule is CCOC1=NCC2C(=O)N(C)C(=O)C12. The largest absolute Gasteiger partial charge is 0.481 e. The van der Waals surface area contributed by atoms with Crippen LogP contribution < -0.4 is 0 Å². The van der Waals surface area contributed by atoms with E-state index >= 15 is 0 Å². The Morgan fingerprint density at radius 1 is 1.50 bits per heavy atom. The van der Waals surface area contributed by atoms with Crippen LogP contribution in [0.2, 0.25) is 0 Å². The van der Waals surface area contributed by atoms with Crippen molar-refractivity contribution in [1.29, 1.82) is 0 Å². The first-order valence-corrected chi connectivity index (χ1v) is 4.65. The molecule has 0 bridgehead atoms. The zero-order valence-corrected chi connectivity index (χ0v) is 8.19. The van der Waals surface area contributed by atoms with Crippen LogP contribution in [0.25, 0.3) is 0 Å². The molecule has 2 amide bonds. The molecule has 2 heterocycles. The van der Waals surface area contributed by atoms with E-state index in [0.29, 0.717) is 19.0 Å². The molecule has 1 fully saturated rings. The number of amides is 2. The average molecular weight is 196 g/mol. The Kier molecular flexibility index (Phi) is 2.02. The topological polar surface area (TPSA) is 59.0 Å². The summed E-state index contributed by atoms with van der Waals surface area (Å²) in [5.74, 6) is -0.662. The highest BCUT2D eigenvalue weighted by molar-refractivity contribution is 6.16. The molecule has 2 aliphatic heterocycles. The summed E-state index contributed by atoms with van der Waals surface area (Å²) in [5.41, 5.74) is 0. The second-order valence-corrected chi connectivity index (χ2v) is 3.43. The Morgan fingerprint density at radius 2 is 2.21 bits per heavy atom. The Balaban J connectivity index is 2.24. The Hall–Kier alpha value is -1.39. The van der Waals surface area contributed by atoms with Gasteiger partial charge in [-0.2, -0.15) is 0 Å². The van der Waals surface area contributed by atoms with Crippen LogP contribution in [-0.4, -0.2) is 42.8 Å². The molecule has 0 aromatic rings. The van der Waals surface area contributed by atoms with Crippen LogP contribution in [0.4, 0.5) is 0 Å². The molecule has 0 N–H and O–H groups in total. The van der Waals surface area contributed by atoms with E-state index in [1.54, 1.807) is 0 Å². The summed E-state index contributed by atoms with van der Waals surface area (Å²) in [6, 6.07) is 0. The number of nitrogens with zero attached hydrogens (tertiary/aromatic N) is 2. The van der Waals surface area contributed by atoms with Gasteiger partial charge in [0, 0.05) is 7.05 Å². The van der Waals surface area contributed by atoms with Gasteiger partial charge in [-0.15, -0.1) is 0 Å². The second-order valence-electron chi connectivity index (χ2n) is 3.43. The number of likely N-dealkylation sites (tertiary alicyclic amines) is 1. The van der Waals surface area contributed by atoms with Gasteiger partial charge in [-0.25, -0.2) is 0 Å². The van der Waals surface area contributed by atoms with Crippen molar-refractivity contribution in [3.63, 3.8) is 0 Å². The summed E-state index contributed by atoms with van der Waals surface area (Å²) in [5, 5.41) is 0. The summed E-state index contributed by atoms with van der Waals surface area (Å²) in [4.78, 5) is 28.4. The van der Waals surface area contributed by atoms with Gasteiger partial charge < -0.3 is 4.74 Å². The number of imide groups is 1. The molecule has 0 aromatic carbocycles. The Morgan fingerprint density at radius 3 is 2.86 bits per heavy atom. The van der Waals surface area contributed by atoms with Crippen LogP contribution in [0.3, 0.4) is 0 Å². The quantitative estimate of drug-likeness (QED) is 0.539. The lowest BCUT2D eigenvalue weighted by Crippen LogP contribution is -2.29. The normalized spacial score (nSPS) is 30.7. The first-order valence-electron chi connectivity index (χ1n) is 4.65. The van der Waals surface area contributed by atoms with E-state index in [2.05, 4.69) is 4.99 Å². The minimum atomic E-state index is -0.451. The maximum atomic E-state index is 11.6. The van der Waals surface area contributed by atoms with Crippen molar-refractivity contribution >= 4 is 17.7 Å². The third-order valence-electron chi connectivity index (χ3n) is 2.65. The fraction of sp³-hybridized carbons (Fsp3) is 0.667. The van der Waals surface area contributed by atoms with Crippen molar-refractivity contribution in [1.82, 2.24) is 4.90 Å². The molecule has 5 nitrogen and oxygen atoms in total. The van der Waals surface area contributed by atoms with Gasteiger partial charge >= 0.3 is 0 Å². The lowest BCUT2D eigenvalue weighted by molar-refractivity contribution is -0.137. The number of carbonyl (C=O) groups is 2. The van der Waals surface area contributed by atoms with Gasteiger partial charge in [0.1, 0.15) is 5.92 Å². The van der Waals surface area contributed by atoms with Crippen molar-refractivity contribution in [2.45, 2.75) is 6.92 Å². The molecule has 1 saturated heterocycles. The van der Waals surface area contributed by atoms with Crippen LogP contribution in [0, 0.1) is 11.8 Å². The molecular formula is C9H12N2O3. The van der Waals surface area contributed by atoms with Crippen LogP contribution in [-0.2, 0) is 14.3 Å². The van der Waals surface area contributed by atoms with Gasteiger partial charge in [0.15, 0.2) is 5.90 Å². The lowest BCUT2D eigenvalue weighted by atomic mass is 9.98. The molecule has 14 heavy (non-hydrogen) atoms. The molecule has 0 aromatic heterocycles. The summed E-state index contributed by atoms with van der Waals surface area (Å²) in [6.07, 6.45) is 0. The van der Waals surface area contributed by atoms with Crippen molar-refractivity contribution < 1.29 is 14.3 Å². The lowest BCUT2D eigenvalue weighted by Gasteiger charge is -2.09. The van der Waals surface area contributed by atoms with Crippen LogP contribution in [0.5, 0.6) is 0 Å². The maximum Gasteiger partial charge on any atom is 0.242 e. The average Bonchev–Trinajstić information content (AvgIpc) is 2.66. The van der Waals surface area contributed by atoms with E-state index in [-0.39, 0.29) is 17.7 Å². The minimum Gasteiger partial charge on any atom is -0.481 e. The summed E-state index contributed by atoms with van der Waals surface area (Å²) < 4.78 is 5.23. The maximum absolute atomic E-state index is 11.6. The predicted molar refractivity (Wildman–Crippen MR) is 48.7 cm³/mol. The molecule has 2 rings (SSSR count). The third-order valence-corrected chi connectivity index (χ3v) is 2.65. The number of aliphatic imine (C=N–C) groups is 1. The standard InChI is InChI=1S/C9H12N2O3/c1-3-14-7-6-5(4-10-7)8(12)11(2)9(6)13/h5-6H,3-4H2,1-2H3. The molecule has 0 spiro atoms. The number of ether oxygens (including phenoxy) is 1. The first kappa shape index (κ1) is 9.18. The van der Waals surface area contributed by atoms with Gasteiger partial charge in [-0.05, 0) is 6.92 Å². The van der Waals surface area contributed by atoms with Crippen molar-refractivity contribution in [2.24, 2.45) is 16.8 Å². The van der Waals surface area contributed by atoms with Gasteiger partial charge in [-0.3, -0.25) is 19.5 Å². The summed E-state index contributed by atoms with van der Waals surface area (Å²) >= 11 is 0. The summed E-state index contributed by atoms with van der Waals surface area (Å²) in [7, 11) is 1.51. The third kappa shape index (κ3) is 1.05. The molecule has 0 aliphatic carbocycles. The van der Waals surface area contributed by atoms with E-state index in [9.17, 15) is 9.59 Å². The fourth-order valence-corrected chi connectivity index (χ4v) is 1.91. The molecular weight excluding hydrogens is 184 g/mol. The Labute approximate surface area is 81.7 Å². The number of hydrogen-bond acceptors (Lipinski definition) is 4. The smallest absolute Gasteiger partial charge is 0.242 e. The summed E-state index contributed by atoms with van der Waals surface area (Å²) in [6.45, 7) is 2.70. The number of rotatable bonds is 1. The van der Waals surface area contributed by atoms with E-state index in [1.165, 1.54) is 11.9 Å². The zero-order chi connectivity index (χ0) is 10.3. The Bertz CT molecular complexity index is 324. The predicted octanol–water partition coefficient (Wildman–Crippen LogP) is -0.334. The highest BCUT2D eigenvalue weighted by atomic mass is 16.5. The number of fused-ring (bicyclic) bond motifs is 1. The van der Waals surface area contributed by atoms with E-state index in [4.69, 9.17) is 4.74 Å². The van der Waals surface area contributed by atoms with Gasteiger partial charge in [0.25, 0.3) is 0 Å². The highest BCUT2D eigenvalue weighted by Gasteiger charge is 2.52. The van der Waals surface area contributed by atoms with Crippen molar-refractivity contribution in [2.75, 3.05) is 20.2 Å².